The van der Waals surface area contributed by atoms with Gasteiger partial charge in [0.2, 0.25) is 5.91 Å². The van der Waals surface area contributed by atoms with Gasteiger partial charge in [-0.05, 0) is 43.5 Å². The Morgan fingerprint density at radius 1 is 0.811 bits per heavy atom. The lowest BCUT2D eigenvalue weighted by atomic mass is 9.81. The third kappa shape index (κ3) is 7.86. The summed E-state index contributed by atoms with van der Waals surface area (Å²) in [6, 6.07) is 3.29. The number of pyridine rings is 2. The van der Waals surface area contributed by atoms with Crippen molar-refractivity contribution in [3.8, 4) is 0 Å². The highest BCUT2D eigenvalue weighted by Crippen LogP contribution is 2.26. The smallest absolute Gasteiger partial charge is 0.314 e. The van der Waals surface area contributed by atoms with E-state index in [-0.39, 0.29) is 40.8 Å². The van der Waals surface area contributed by atoms with E-state index in [1.807, 2.05) is 0 Å². The van der Waals surface area contributed by atoms with Crippen LogP contribution in [0.25, 0.3) is 0 Å². The number of amides is 5. The van der Waals surface area contributed by atoms with E-state index >= 15 is 0 Å². The summed E-state index contributed by atoms with van der Waals surface area (Å²) in [6.07, 6.45) is 1.89. The molecule has 37 heavy (non-hydrogen) atoms. The molecule has 14 heteroatoms. The average Bonchev–Trinajstić information content (AvgIpc) is 2.90. The second-order valence-electron chi connectivity index (χ2n) is 7.98. The third-order valence-electron chi connectivity index (χ3n) is 5.40. The number of rotatable bonds is 5. The molecular formula is C23H25Cl2N7O5. The van der Waals surface area contributed by atoms with Crippen molar-refractivity contribution in [2.24, 2.45) is 5.92 Å². The van der Waals surface area contributed by atoms with Crippen LogP contribution in [0.15, 0.2) is 36.7 Å². The Morgan fingerprint density at radius 2 is 1.32 bits per heavy atom. The molecule has 1 aliphatic carbocycles. The van der Waals surface area contributed by atoms with Gasteiger partial charge in [-0.3, -0.25) is 24.0 Å². The van der Waals surface area contributed by atoms with E-state index in [0.29, 0.717) is 5.02 Å². The summed E-state index contributed by atoms with van der Waals surface area (Å²) in [4.78, 5) is 71.1. The number of aromatic nitrogens is 2. The van der Waals surface area contributed by atoms with E-state index in [2.05, 4.69) is 31.2 Å². The van der Waals surface area contributed by atoms with E-state index in [0.717, 1.165) is 0 Å². The molecule has 196 valence electrons. The highest BCUT2D eigenvalue weighted by molar-refractivity contribution is 6.40. The van der Waals surface area contributed by atoms with Crippen LogP contribution in [0.3, 0.4) is 0 Å². The molecule has 3 atom stereocenters. The zero-order valence-electron chi connectivity index (χ0n) is 25.0. The molecule has 1 saturated carbocycles. The average molecular weight is 556 g/mol. The van der Waals surface area contributed by atoms with Gasteiger partial charge in [-0.2, -0.15) is 0 Å². The number of hydrogen-bond donors (Lipinski definition) is 4. The van der Waals surface area contributed by atoms with Crippen molar-refractivity contribution in [1.82, 2.24) is 25.5 Å². The van der Waals surface area contributed by atoms with Crippen LogP contribution in [0.5, 0.6) is 0 Å². The fraction of sp³-hybridized carbons (Fsp3) is 0.348. The zero-order chi connectivity index (χ0) is 32.1. The Labute approximate surface area is 230 Å². The molecule has 3 rings (SSSR count). The Hall–Kier alpha value is -3.77. The van der Waals surface area contributed by atoms with E-state index in [9.17, 15) is 24.0 Å². The summed E-state index contributed by atoms with van der Waals surface area (Å²) >= 11 is 11.5. The Bertz CT molecular complexity index is 1360. The predicted molar refractivity (Wildman–Crippen MR) is 136 cm³/mol. The number of anilines is 2. The molecule has 0 unspecified atom stereocenters. The first kappa shape index (κ1) is 20.3. The van der Waals surface area contributed by atoms with Crippen molar-refractivity contribution >= 4 is 64.4 Å². The maximum Gasteiger partial charge on any atom is 0.314 e. The molecule has 1 aliphatic rings. The minimum absolute atomic E-state index is 0.00965. The van der Waals surface area contributed by atoms with Gasteiger partial charge in [0.1, 0.15) is 11.6 Å². The highest BCUT2D eigenvalue weighted by Gasteiger charge is 2.37. The van der Waals surface area contributed by atoms with Crippen LogP contribution in [-0.4, -0.2) is 70.4 Å². The first-order chi connectivity index (χ1) is 20.0. The zero-order valence-corrected chi connectivity index (χ0v) is 20.5. The van der Waals surface area contributed by atoms with Gasteiger partial charge in [-0.15, -0.1) is 0 Å². The molecule has 0 aliphatic heterocycles. The van der Waals surface area contributed by atoms with Gasteiger partial charge < -0.3 is 26.2 Å². The normalized spacial score (nSPS) is 21.8. The second-order valence-corrected chi connectivity index (χ2v) is 8.85. The van der Waals surface area contributed by atoms with Gasteiger partial charge >= 0.3 is 23.6 Å². The first-order valence-electron chi connectivity index (χ1n) is 13.8. The van der Waals surface area contributed by atoms with Crippen molar-refractivity contribution in [3.63, 3.8) is 0 Å². The molecule has 2 aromatic heterocycles. The Morgan fingerprint density at radius 3 is 1.78 bits per heavy atom. The van der Waals surface area contributed by atoms with Crippen LogP contribution in [0.4, 0.5) is 11.6 Å². The van der Waals surface area contributed by atoms with E-state index in [1.165, 1.54) is 36.7 Å². The van der Waals surface area contributed by atoms with Gasteiger partial charge in [-0.1, -0.05) is 23.2 Å². The van der Waals surface area contributed by atoms with Crippen LogP contribution in [0, 0.1) is 5.92 Å². The monoisotopic (exact) mass is 555 g/mol. The predicted octanol–water partition coefficient (Wildman–Crippen LogP) is 1.22. The summed E-state index contributed by atoms with van der Waals surface area (Å²) < 4.78 is 45.3. The molecule has 0 aromatic carbocycles. The highest BCUT2D eigenvalue weighted by atomic mass is 35.5. The number of nitrogens with one attached hydrogen (secondary N) is 4. The third-order valence-corrected chi connectivity index (χ3v) is 5.85. The second kappa shape index (κ2) is 12.5. The number of nitrogens with zero attached hydrogens (tertiary/aromatic N) is 3. The Balaban J connectivity index is 1.78. The SMILES string of the molecule is [2H]C([2H])([2H])N(C(=O)[C@H]1CC[C@H](NC(=O)C(=O)Nc2ccc(Cl)cn2)[C@H](NC(=O)C(=O)Nc2ccc(Cl)cn2)C1)C([2H])([2H])[2H]. The van der Waals surface area contributed by atoms with Crippen LogP contribution < -0.4 is 21.3 Å². The molecule has 1 fully saturated rings. The standard InChI is InChI=1S/C23H25Cl2N7O5/c1-32(2)23(37)12-3-6-15(28-19(33)21(35)30-17-7-4-13(24)10-26-17)16(9-12)29-20(34)22(36)31-18-8-5-14(25)11-27-18/h4-5,7-8,10-12,15-16H,3,6,9H2,1-2H3,(H,28,33)(H,29,34)(H,26,30,35)(H,27,31,36)/t12-,15-,16+/m0/s1/i1D3,2D3. The van der Waals surface area contributed by atoms with Crippen LogP contribution in [0.1, 0.15) is 27.5 Å². The van der Waals surface area contributed by atoms with Gasteiger partial charge in [0.25, 0.3) is 0 Å². The van der Waals surface area contributed by atoms with E-state index < -0.39 is 61.5 Å². The number of carbonyl (C=O) groups excluding carboxylic acids is 5. The maximum atomic E-state index is 13.1. The molecule has 12 nitrogen and oxygen atoms in total. The van der Waals surface area contributed by atoms with Gasteiger partial charge in [0.05, 0.1) is 16.1 Å². The van der Waals surface area contributed by atoms with E-state index in [1.54, 1.807) is 0 Å². The molecule has 2 aromatic rings. The fourth-order valence-electron chi connectivity index (χ4n) is 3.62. The molecule has 0 saturated heterocycles. The van der Waals surface area contributed by atoms with Crippen molar-refractivity contribution in [3.05, 3.63) is 46.7 Å². The quantitative estimate of drug-likeness (QED) is 0.403. The molecule has 5 amide bonds. The minimum atomic E-state index is -3.30. The first-order valence-corrected chi connectivity index (χ1v) is 11.5. The topological polar surface area (TPSA) is 162 Å². The largest absolute Gasteiger partial charge is 0.349 e. The lowest BCUT2D eigenvalue weighted by molar-refractivity contribution is -0.139. The van der Waals surface area contributed by atoms with Crippen molar-refractivity contribution in [2.45, 2.75) is 31.3 Å². The molecule has 2 heterocycles. The molecule has 0 spiro atoms. The number of halogens is 2. The minimum Gasteiger partial charge on any atom is -0.349 e. The Kier molecular flexibility index (Phi) is 6.84. The molecular weight excluding hydrogens is 525 g/mol. The van der Waals surface area contributed by atoms with Crippen molar-refractivity contribution in [1.29, 1.82) is 0 Å². The van der Waals surface area contributed by atoms with Crippen LogP contribution in [-0.2, 0) is 24.0 Å². The molecule has 4 N–H and O–H groups in total. The maximum absolute atomic E-state index is 13.1. The van der Waals surface area contributed by atoms with Crippen molar-refractivity contribution < 1.29 is 32.2 Å². The van der Waals surface area contributed by atoms with Gasteiger partial charge in [-0.25, -0.2) is 9.97 Å². The summed E-state index contributed by atoms with van der Waals surface area (Å²) in [6.45, 7) is -6.60. The van der Waals surface area contributed by atoms with E-state index in [4.69, 9.17) is 31.4 Å². The fourth-order valence-corrected chi connectivity index (χ4v) is 3.85. The van der Waals surface area contributed by atoms with Gasteiger partial charge in [0.15, 0.2) is 0 Å². The lowest BCUT2D eigenvalue weighted by Gasteiger charge is -2.36. The van der Waals surface area contributed by atoms with Crippen LogP contribution in [0.2, 0.25) is 10.0 Å². The lowest BCUT2D eigenvalue weighted by Crippen LogP contribution is -2.58. The number of carbonyl (C=O) groups is 5. The number of hydrogen-bond acceptors (Lipinski definition) is 7. The van der Waals surface area contributed by atoms with Crippen molar-refractivity contribution in [2.75, 3.05) is 24.6 Å². The van der Waals surface area contributed by atoms with Crippen LogP contribution >= 0.6 is 23.2 Å². The summed E-state index contributed by atoms with van der Waals surface area (Å²) in [7, 11) is 0. The summed E-state index contributed by atoms with van der Waals surface area (Å²) in [5.74, 6) is -7.11. The summed E-state index contributed by atoms with van der Waals surface area (Å²) in [5.41, 5.74) is 0. The molecule has 0 bridgehead atoms. The summed E-state index contributed by atoms with van der Waals surface area (Å²) in [5, 5.41) is 9.87. The van der Waals surface area contributed by atoms with Gasteiger partial charge in [0, 0.05) is 46.5 Å². The molecule has 0 radical (unpaired) electrons.